The quantitative estimate of drug-likeness (QED) is 0.654. The number of likely N-dealkylation sites (N-methyl/N-ethyl adjacent to an activating group) is 1. The molecule has 1 heterocycles. The van der Waals surface area contributed by atoms with Gasteiger partial charge in [-0.3, -0.25) is 9.69 Å². The smallest absolute Gasteiger partial charge is 0.221 e. The van der Waals surface area contributed by atoms with Crippen molar-refractivity contribution in [2.75, 3.05) is 37.7 Å². The largest absolute Gasteiger partial charge is 0.355 e. The minimum atomic E-state index is -2.97. The molecule has 0 spiro atoms. The first-order valence-electron chi connectivity index (χ1n) is 7.44. The van der Waals surface area contributed by atoms with Gasteiger partial charge in [0.15, 0.2) is 9.84 Å². The number of sulfone groups is 1. The van der Waals surface area contributed by atoms with Crippen LogP contribution in [0.4, 0.5) is 0 Å². The van der Waals surface area contributed by atoms with E-state index in [1.165, 1.54) is 12.8 Å². The summed E-state index contributed by atoms with van der Waals surface area (Å²) in [6, 6.07) is 0.474. The number of rotatable bonds is 7. The zero-order chi connectivity index (χ0) is 14.6. The lowest BCUT2D eigenvalue weighted by Crippen LogP contribution is -2.47. The number of amides is 1. The van der Waals surface area contributed by atoms with E-state index in [2.05, 4.69) is 22.5 Å². The van der Waals surface area contributed by atoms with Crippen LogP contribution in [0.15, 0.2) is 0 Å². The maximum absolute atomic E-state index is 11.8. The molecule has 1 aliphatic heterocycles. The fourth-order valence-electron chi connectivity index (χ4n) is 2.67. The maximum Gasteiger partial charge on any atom is 0.221 e. The van der Waals surface area contributed by atoms with Gasteiger partial charge < -0.3 is 10.6 Å². The van der Waals surface area contributed by atoms with Crippen LogP contribution in [-0.2, 0) is 14.6 Å². The Morgan fingerprint density at radius 2 is 2.15 bits per heavy atom. The molecule has 1 unspecified atom stereocenters. The van der Waals surface area contributed by atoms with E-state index < -0.39 is 9.84 Å². The topological polar surface area (TPSA) is 78.5 Å². The van der Waals surface area contributed by atoms with Crippen molar-refractivity contribution in [3.63, 3.8) is 0 Å². The zero-order valence-electron chi connectivity index (χ0n) is 12.1. The molecule has 1 saturated heterocycles. The molecule has 1 atom stereocenters. The van der Waals surface area contributed by atoms with Gasteiger partial charge in [0, 0.05) is 38.1 Å². The summed E-state index contributed by atoms with van der Waals surface area (Å²) in [7, 11) is -2.97. The van der Waals surface area contributed by atoms with Gasteiger partial charge in [0.25, 0.3) is 0 Å². The summed E-state index contributed by atoms with van der Waals surface area (Å²) in [4.78, 5) is 14.2. The fraction of sp³-hybridized carbons (Fsp3) is 0.923. The standard InChI is InChI=1S/C13H25N3O3S/c1-2-16(12-3-4-12)7-5-15-13(17)9-11-10-20(18,19)8-6-14-11/h11-12,14H,2-10H2,1H3,(H,15,17). The van der Waals surface area contributed by atoms with Gasteiger partial charge in [-0.1, -0.05) is 6.92 Å². The van der Waals surface area contributed by atoms with Gasteiger partial charge in [-0.05, 0) is 19.4 Å². The molecule has 6 nitrogen and oxygen atoms in total. The van der Waals surface area contributed by atoms with Crippen molar-refractivity contribution >= 4 is 15.7 Å². The Bertz CT molecular complexity index is 434. The lowest BCUT2D eigenvalue weighted by Gasteiger charge is -2.23. The third-order valence-electron chi connectivity index (χ3n) is 3.92. The van der Waals surface area contributed by atoms with Crippen LogP contribution >= 0.6 is 0 Å². The van der Waals surface area contributed by atoms with Crippen molar-refractivity contribution in [3.05, 3.63) is 0 Å². The molecule has 0 radical (unpaired) electrons. The normalized spacial score (nSPS) is 25.6. The Morgan fingerprint density at radius 3 is 2.75 bits per heavy atom. The Labute approximate surface area is 121 Å². The van der Waals surface area contributed by atoms with E-state index in [-0.39, 0.29) is 29.9 Å². The van der Waals surface area contributed by atoms with Crippen LogP contribution in [-0.4, -0.2) is 69.0 Å². The molecule has 7 heteroatoms. The lowest BCUT2D eigenvalue weighted by atomic mass is 10.2. The van der Waals surface area contributed by atoms with E-state index in [9.17, 15) is 13.2 Å². The van der Waals surface area contributed by atoms with Crippen LogP contribution in [0.1, 0.15) is 26.2 Å². The predicted molar refractivity (Wildman–Crippen MR) is 78.3 cm³/mol. The Hall–Kier alpha value is -0.660. The summed E-state index contributed by atoms with van der Waals surface area (Å²) in [5.74, 6) is 0.188. The first-order valence-corrected chi connectivity index (χ1v) is 9.27. The first kappa shape index (κ1) is 15.7. The third-order valence-corrected chi connectivity index (χ3v) is 5.66. The average Bonchev–Trinajstić information content (AvgIpc) is 3.17. The number of carbonyl (C=O) groups excluding carboxylic acids is 1. The maximum atomic E-state index is 11.8. The second-order valence-electron chi connectivity index (χ2n) is 5.68. The Balaban J connectivity index is 1.64. The highest BCUT2D eigenvalue weighted by Crippen LogP contribution is 2.25. The van der Waals surface area contributed by atoms with E-state index >= 15 is 0 Å². The van der Waals surface area contributed by atoms with E-state index in [0.29, 0.717) is 19.1 Å². The molecule has 0 aromatic carbocycles. The van der Waals surface area contributed by atoms with E-state index in [1.54, 1.807) is 0 Å². The zero-order valence-corrected chi connectivity index (χ0v) is 12.9. The van der Waals surface area contributed by atoms with Crippen molar-refractivity contribution < 1.29 is 13.2 Å². The average molecular weight is 303 g/mol. The third kappa shape index (κ3) is 5.03. The molecule has 20 heavy (non-hydrogen) atoms. The van der Waals surface area contributed by atoms with Crippen LogP contribution in [0.5, 0.6) is 0 Å². The molecule has 1 amide bonds. The van der Waals surface area contributed by atoms with Crippen LogP contribution in [0, 0.1) is 0 Å². The number of hydrogen-bond acceptors (Lipinski definition) is 5. The van der Waals surface area contributed by atoms with Crippen molar-refractivity contribution in [2.45, 2.75) is 38.3 Å². The molecule has 2 fully saturated rings. The molecule has 0 bridgehead atoms. The van der Waals surface area contributed by atoms with Crippen LogP contribution in [0.25, 0.3) is 0 Å². The summed E-state index contributed by atoms with van der Waals surface area (Å²) >= 11 is 0. The molecule has 116 valence electrons. The highest BCUT2D eigenvalue weighted by molar-refractivity contribution is 7.91. The van der Waals surface area contributed by atoms with Gasteiger partial charge in [0.1, 0.15) is 0 Å². The number of hydrogen-bond donors (Lipinski definition) is 2. The summed E-state index contributed by atoms with van der Waals surface area (Å²) < 4.78 is 23.0. The minimum Gasteiger partial charge on any atom is -0.355 e. The molecule has 1 saturated carbocycles. The van der Waals surface area contributed by atoms with Crippen LogP contribution in [0.3, 0.4) is 0 Å². The molecular weight excluding hydrogens is 278 g/mol. The summed E-state index contributed by atoms with van der Waals surface area (Å²) in [6.07, 6.45) is 2.78. The van der Waals surface area contributed by atoms with Gasteiger partial charge >= 0.3 is 0 Å². The number of nitrogens with one attached hydrogen (secondary N) is 2. The van der Waals surface area contributed by atoms with Crippen molar-refractivity contribution in [1.29, 1.82) is 0 Å². The first-order chi connectivity index (χ1) is 9.50. The molecule has 2 N–H and O–H groups in total. The lowest BCUT2D eigenvalue weighted by molar-refractivity contribution is -0.121. The second kappa shape index (κ2) is 6.87. The minimum absolute atomic E-state index is 0.0635. The molecular formula is C13H25N3O3S. The molecule has 2 aliphatic rings. The van der Waals surface area contributed by atoms with E-state index in [1.807, 2.05) is 0 Å². The Kier molecular flexibility index (Phi) is 5.40. The molecule has 0 aromatic rings. The van der Waals surface area contributed by atoms with Gasteiger partial charge in [-0.15, -0.1) is 0 Å². The van der Waals surface area contributed by atoms with Gasteiger partial charge in [0.2, 0.25) is 5.91 Å². The monoisotopic (exact) mass is 303 g/mol. The van der Waals surface area contributed by atoms with Crippen molar-refractivity contribution in [2.24, 2.45) is 0 Å². The molecule has 1 aliphatic carbocycles. The number of nitrogens with zero attached hydrogens (tertiary/aromatic N) is 1. The van der Waals surface area contributed by atoms with Crippen molar-refractivity contribution in [3.8, 4) is 0 Å². The van der Waals surface area contributed by atoms with Gasteiger partial charge in [0.05, 0.1) is 11.5 Å². The molecule has 0 aromatic heterocycles. The summed E-state index contributed by atoms with van der Waals surface area (Å²) in [5.41, 5.74) is 0. The highest BCUT2D eigenvalue weighted by Gasteiger charge is 2.28. The van der Waals surface area contributed by atoms with Gasteiger partial charge in [-0.2, -0.15) is 0 Å². The molecule has 2 rings (SSSR count). The van der Waals surface area contributed by atoms with Crippen LogP contribution in [0.2, 0.25) is 0 Å². The van der Waals surface area contributed by atoms with Crippen molar-refractivity contribution in [1.82, 2.24) is 15.5 Å². The van der Waals surface area contributed by atoms with E-state index in [4.69, 9.17) is 0 Å². The second-order valence-corrected chi connectivity index (χ2v) is 7.91. The van der Waals surface area contributed by atoms with Gasteiger partial charge in [-0.25, -0.2) is 8.42 Å². The highest BCUT2D eigenvalue weighted by atomic mass is 32.2. The predicted octanol–water partition coefficient (Wildman–Crippen LogP) is -0.636. The van der Waals surface area contributed by atoms with E-state index in [0.717, 1.165) is 13.1 Å². The van der Waals surface area contributed by atoms with Crippen LogP contribution < -0.4 is 10.6 Å². The fourth-order valence-corrected chi connectivity index (χ4v) is 4.12. The number of carbonyl (C=O) groups is 1. The summed E-state index contributed by atoms with van der Waals surface area (Å²) in [5, 5.41) is 5.98. The Morgan fingerprint density at radius 1 is 1.40 bits per heavy atom. The summed E-state index contributed by atoms with van der Waals surface area (Å²) in [6.45, 7) is 5.12. The SMILES string of the molecule is CCN(CCNC(=O)CC1CS(=O)(=O)CCN1)C1CC1.